The highest BCUT2D eigenvalue weighted by Gasteiger charge is 2.16. The third-order valence-electron chi connectivity index (χ3n) is 2.91. The lowest BCUT2D eigenvalue weighted by atomic mass is 10.1. The molecule has 0 aliphatic carbocycles. The van der Waals surface area contributed by atoms with E-state index in [0.29, 0.717) is 11.3 Å². The Hall–Kier alpha value is -2.76. The summed E-state index contributed by atoms with van der Waals surface area (Å²) in [6.07, 6.45) is 0. The molecule has 0 heterocycles. The molecule has 0 aliphatic heterocycles. The summed E-state index contributed by atoms with van der Waals surface area (Å²) in [4.78, 5) is 12.0. The van der Waals surface area contributed by atoms with Gasteiger partial charge < -0.3 is 10.5 Å². The Morgan fingerprint density at radius 2 is 1.76 bits per heavy atom. The first-order valence-corrected chi connectivity index (χ1v) is 6.08. The van der Waals surface area contributed by atoms with E-state index < -0.39 is 23.1 Å². The third-order valence-corrected chi connectivity index (χ3v) is 2.91. The molecule has 2 N–H and O–H groups in total. The number of para-hydroxylation sites is 1. The Morgan fingerprint density at radius 1 is 1.10 bits per heavy atom. The number of nitrogens with zero attached hydrogens (tertiary/aromatic N) is 1. The first kappa shape index (κ1) is 14.6. The van der Waals surface area contributed by atoms with Gasteiger partial charge in [0.2, 0.25) is 0 Å². The Kier molecular flexibility index (Phi) is 4.27. The van der Waals surface area contributed by atoms with Crippen LogP contribution in [0, 0.1) is 11.6 Å². The molecule has 2 aromatic carbocycles. The molecule has 2 aromatic rings. The number of hydrogen-bond acceptors (Lipinski definition) is 3. The van der Waals surface area contributed by atoms with Crippen LogP contribution in [0.15, 0.2) is 47.6 Å². The predicted octanol–water partition coefficient (Wildman–Crippen LogP) is 3.42. The number of anilines is 1. The SMILES string of the molecule is CC(=NO)c1ccccc1NC(=O)c1cccc(F)c1F. The fourth-order valence-electron chi connectivity index (χ4n) is 1.83. The van der Waals surface area contributed by atoms with Gasteiger partial charge in [-0.2, -0.15) is 0 Å². The maximum atomic E-state index is 13.6. The number of rotatable bonds is 3. The van der Waals surface area contributed by atoms with Gasteiger partial charge in [0.1, 0.15) is 0 Å². The molecule has 0 radical (unpaired) electrons. The summed E-state index contributed by atoms with van der Waals surface area (Å²) in [7, 11) is 0. The minimum absolute atomic E-state index is 0.283. The fourth-order valence-corrected chi connectivity index (χ4v) is 1.83. The Bertz CT molecular complexity index is 715. The van der Waals surface area contributed by atoms with Gasteiger partial charge in [-0.05, 0) is 25.1 Å². The van der Waals surface area contributed by atoms with Crippen LogP contribution in [0.4, 0.5) is 14.5 Å². The van der Waals surface area contributed by atoms with Crippen LogP contribution in [0.1, 0.15) is 22.8 Å². The second-order valence-electron chi connectivity index (χ2n) is 4.29. The molecule has 6 heteroatoms. The molecule has 0 saturated carbocycles. The molecule has 2 rings (SSSR count). The second-order valence-corrected chi connectivity index (χ2v) is 4.29. The molecule has 0 atom stereocenters. The number of oxime groups is 1. The van der Waals surface area contributed by atoms with Gasteiger partial charge in [0, 0.05) is 5.56 Å². The number of amides is 1. The predicted molar refractivity (Wildman–Crippen MR) is 74.8 cm³/mol. The summed E-state index contributed by atoms with van der Waals surface area (Å²) >= 11 is 0. The zero-order valence-corrected chi connectivity index (χ0v) is 11.1. The highest BCUT2D eigenvalue weighted by Crippen LogP contribution is 2.19. The van der Waals surface area contributed by atoms with Crippen LogP contribution in [0.3, 0.4) is 0 Å². The molecule has 0 fully saturated rings. The van der Waals surface area contributed by atoms with Crippen molar-refractivity contribution in [3.05, 3.63) is 65.2 Å². The number of carbonyl (C=O) groups excluding carboxylic acids is 1. The number of hydrogen-bond donors (Lipinski definition) is 2. The van der Waals surface area contributed by atoms with Crippen molar-refractivity contribution < 1.29 is 18.8 Å². The highest BCUT2D eigenvalue weighted by molar-refractivity contribution is 6.10. The molecular formula is C15H12F2N2O2. The smallest absolute Gasteiger partial charge is 0.258 e. The van der Waals surface area contributed by atoms with E-state index in [1.165, 1.54) is 12.1 Å². The van der Waals surface area contributed by atoms with Crippen molar-refractivity contribution in [2.24, 2.45) is 5.16 Å². The van der Waals surface area contributed by atoms with Crippen molar-refractivity contribution in [1.82, 2.24) is 0 Å². The van der Waals surface area contributed by atoms with Gasteiger partial charge in [-0.25, -0.2) is 8.78 Å². The van der Waals surface area contributed by atoms with Crippen LogP contribution >= 0.6 is 0 Å². The van der Waals surface area contributed by atoms with Gasteiger partial charge >= 0.3 is 0 Å². The lowest BCUT2D eigenvalue weighted by Gasteiger charge is -2.10. The summed E-state index contributed by atoms with van der Waals surface area (Å²) in [6.45, 7) is 1.55. The van der Waals surface area contributed by atoms with Gasteiger partial charge in [0.15, 0.2) is 11.6 Å². The monoisotopic (exact) mass is 290 g/mol. The normalized spacial score (nSPS) is 11.3. The maximum absolute atomic E-state index is 13.6. The topological polar surface area (TPSA) is 61.7 Å². The zero-order valence-electron chi connectivity index (χ0n) is 11.1. The highest BCUT2D eigenvalue weighted by atomic mass is 19.2. The minimum Gasteiger partial charge on any atom is -0.411 e. The second kappa shape index (κ2) is 6.13. The van der Waals surface area contributed by atoms with Crippen molar-refractivity contribution >= 4 is 17.3 Å². The number of halogens is 2. The van der Waals surface area contributed by atoms with Crippen molar-refractivity contribution in [1.29, 1.82) is 0 Å². The van der Waals surface area contributed by atoms with Crippen molar-refractivity contribution in [3.8, 4) is 0 Å². The summed E-state index contributed by atoms with van der Waals surface area (Å²) < 4.78 is 26.7. The van der Waals surface area contributed by atoms with E-state index >= 15 is 0 Å². The van der Waals surface area contributed by atoms with Gasteiger partial charge in [0.05, 0.1) is 17.0 Å². The molecule has 4 nitrogen and oxygen atoms in total. The molecule has 1 amide bonds. The van der Waals surface area contributed by atoms with E-state index in [1.807, 2.05) is 0 Å². The Morgan fingerprint density at radius 3 is 2.48 bits per heavy atom. The fraction of sp³-hybridized carbons (Fsp3) is 0.0667. The van der Waals surface area contributed by atoms with E-state index in [0.717, 1.165) is 6.07 Å². The molecule has 0 bridgehead atoms. The third kappa shape index (κ3) is 3.05. The van der Waals surface area contributed by atoms with E-state index in [4.69, 9.17) is 5.21 Å². The van der Waals surface area contributed by atoms with Gasteiger partial charge in [-0.15, -0.1) is 0 Å². The van der Waals surface area contributed by atoms with Gasteiger partial charge in [0.25, 0.3) is 5.91 Å². The first-order valence-electron chi connectivity index (χ1n) is 6.08. The van der Waals surface area contributed by atoms with Gasteiger partial charge in [-0.1, -0.05) is 29.4 Å². The molecule has 21 heavy (non-hydrogen) atoms. The quantitative estimate of drug-likeness (QED) is 0.517. The lowest BCUT2D eigenvalue weighted by molar-refractivity contribution is 0.102. The summed E-state index contributed by atoms with van der Waals surface area (Å²) in [5.41, 5.74) is 0.695. The summed E-state index contributed by atoms with van der Waals surface area (Å²) in [6, 6.07) is 9.92. The van der Waals surface area contributed by atoms with Crippen LogP contribution in [0.5, 0.6) is 0 Å². The molecule has 0 unspecified atom stereocenters. The number of carbonyl (C=O) groups is 1. The minimum atomic E-state index is -1.21. The van der Waals surface area contributed by atoms with E-state index in [2.05, 4.69) is 10.5 Å². The molecule has 0 aromatic heterocycles. The van der Waals surface area contributed by atoms with Crippen LogP contribution in [0.2, 0.25) is 0 Å². The summed E-state index contributed by atoms with van der Waals surface area (Å²) in [5.74, 6) is -3.09. The number of nitrogens with one attached hydrogen (secondary N) is 1. The van der Waals surface area contributed by atoms with Crippen molar-refractivity contribution in [3.63, 3.8) is 0 Å². The lowest BCUT2D eigenvalue weighted by Crippen LogP contribution is -2.16. The molecule has 0 saturated heterocycles. The number of benzene rings is 2. The maximum Gasteiger partial charge on any atom is 0.258 e. The van der Waals surface area contributed by atoms with Gasteiger partial charge in [-0.3, -0.25) is 4.79 Å². The average molecular weight is 290 g/mol. The van der Waals surface area contributed by atoms with Crippen LogP contribution in [0.25, 0.3) is 0 Å². The zero-order chi connectivity index (χ0) is 15.4. The largest absolute Gasteiger partial charge is 0.411 e. The Balaban J connectivity index is 2.35. The standard InChI is InChI=1S/C15H12F2N2O2/c1-9(19-21)10-5-2-3-8-13(10)18-15(20)11-6-4-7-12(16)14(11)17/h2-8,21H,1H3,(H,18,20). The van der Waals surface area contributed by atoms with E-state index in [-0.39, 0.29) is 5.71 Å². The molecular weight excluding hydrogens is 278 g/mol. The van der Waals surface area contributed by atoms with E-state index in [1.54, 1.807) is 31.2 Å². The molecule has 0 aliphatic rings. The van der Waals surface area contributed by atoms with Crippen molar-refractivity contribution in [2.75, 3.05) is 5.32 Å². The average Bonchev–Trinajstić information content (AvgIpc) is 2.49. The van der Waals surface area contributed by atoms with Crippen LogP contribution in [-0.4, -0.2) is 16.8 Å². The molecule has 0 spiro atoms. The van der Waals surface area contributed by atoms with Crippen LogP contribution < -0.4 is 5.32 Å². The first-order chi connectivity index (χ1) is 10.0. The van der Waals surface area contributed by atoms with Crippen molar-refractivity contribution in [2.45, 2.75) is 6.92 Å². The van der Waals surface area contributed by atoms with E-state index in [9.17, 15) is 13.6 Å². The summed E-state index contributed by atoms with van der Waals surface area (Å²) in [5, 5.41) is 14.3. The Labute approximate surface area is 119 Å². The molecule has 108 valence electrons. The van der Waals surface area contributed by atoms with Crippen LogP contribution in [-0.2, 0) is 0 Å².